The van der Waals surface area contributed by atoms with E-state index in [9.17, 15) is 9.59 Å². The molecule has 2 aromatic carbocycles. The average molecular weight is 377 g/mol. The number of halogens is 2. The Balaban J connectivity index is 1.92. The van der Waals surface area contributed by atoms with Gasteiger partial charge in [0.25, 0.3) is 0 Å². The maximum absolute atomic E-state index is 12.3. The predicted molar refractivity (Wildman–Crippen MR) is 97.8 cm³/mol. The summed E-state index contributed by atoms with van der Waals surface area (Å²) in [5, 5.41) is 1.61. The Morgan fingerprint density at radius 3 is 2.48 bits per heavy atom. The second kappa shape index (κ2) is 6.90. The van der Waals surface area contributed by atoms with Crippen molar-refractivity contribution in [3.05, 3.63) is 73.6 Å². The molecule has 0 atom stereocenters. The lowest BCUT2D eigenvalue weighted by Gasteiger charge is -2.11. The van der Waals surface area contributed by atoms with Crippen molar-refractivity contribution >= 4 is 40.1 Å². The number of carbonyl (C=O) groups excluding carboxylic acids is 1. The first-order valence-corrected chi connectivity index (χ1v) is 8.30. The molecular weight excluding hydrogens is 363 g/mol. The number of hydrogen-bond donors (Lipinski definition) is 0. The fraction of sp³-hybridized carbons (Fsp3) is 0.158. The van der Waals surface area contributed by atoms with Gasteiger partial charge in [0.05, 0.1) is 6.42 Å². The highest BCUT2D eigenvalue weighted by molar-refractivity contribution is 6.36. The summed E-state index contributed by atoms with van der Waals surface area (Å²) in [6.07, 6.45) is -0.0618. The van der Waals surface area contributed by atoms with E-state index < -0.39 is 11.6 Å². The third kappa shape index (κ3) is 3.55. The Kier molecular flexibility index (Phi) is 4.84. The SMILES string of the molecule is Cc1cc(=O)oc2c(C)c(OC(=O)Cc3c(Cl)cccc3Cl)ccc12. The zero-order chi connectivity index (χ0) is 18.1. The number of fused-ring (bicyclic) bond motifs is 1. The van der Waals surface area contributed by atoms with E-state index in [1.54, 1.807) is 37.3 Å². The van der Waals surface area contributed by atoms with Crippen LogP contribution in [0.1, 0.15) is 16.7 Å². The second-order valence-corrected chi connectivity index (χ2v) is 6.48. The number of esters is 1. The second-order valence-electron chi connectivity index (χ2n) is 5.66. The predicted octanol–water partition coefficient (Wildman–Crippen LogP) is 4.86. The van der Waals surface area contributed by atoms with Gasteiger partial charge in [-0.05, 0) is 43.7 Å². The number of carbonyl (C=O) groups is 1. The van der Waals surface area contributed by atoms with Crippen LogP contribution in [0.2, 0.25) is 10.0 Å². The van der Waals surface area contributed by atoms with Crippen molar-refractivity contribution in [2.45, 2.75) is 20.3 Å². The summed E-state index contributed by atoms with van der Waals surface area (Å²) in [7, 11) is 0. The van der Waals surface area contributed by atoms with E-state index >= 15 is 0 Å². The third-order valence-electron chi connectivity index (χ3n) is 3.92. The molecule has 0 fully saturated rings. The molecule has 1 heterocycles. The molecule has 3 aromatic rings. The van der Waals surface area contributed by atoms with E-state index in [2.05, 4.69) is 0 Å². The van der Waals surface area contributed by atoms with Crippen molar-refractivity contribution in [1.29, 1.82) is 0 Å². The molecule has 0 aliphatic carbocycles. The number of rotatable bonds is 3. The molecule has 0 aliphatic rings. The Hall–Kier alpha value is -2.30. The quantitative estimate of drug-likeness (QED) is 0.371. The standard InChI is InChI=1S/C19H14Cl2O4/c1-10-8-17(22)25-19-11(2)16(7-6-12(10)19)24-18(23)9-13-14(20)4-3-5-15(13)21/h3-8H,9H2,1-2H3. The van der Waals surface area contributed by atoms with Crippen LogP contribution in [-0.4, -0.2) is 5.97 Å². The van der Waals surface area contributed by atoms with Gasteiger partial charge >= 0.3 is 11.6 Å². The van der Waals surface area contributed by atoms with Crippen molar-refractivity contribution in [1.82, 2.24) is 0 Å². The van der Waals surface area contributed by atoms with Crippen molar-refractivity contribution in [2.24, 2.45) is 0 Å². The highest BCUT2D eigenvalue weighted by Gasteiger charge is 2.16. The van der Waals surface area contributed by atoms with Gasteiger partial charge in [0, 0.05) is 32.6 Å². The monoisotopic (exact) mass is 376 g/mol. The van der Waals surface area contributed by atoms with Crippen LogP contribution in [0.15, 0.2) is 45.6 Å². The van der Waals surface area contributed by atoms with Crippen molar-refractivity contribution in [2.75, 3.05) is 0 Å². The highest BCUT2D eigenvalue weighted by atomic mass is 35.5. The minimum atomic E-state index is -0.507. The van der Waals surface area contributed by atoms with E-state index in [1.807, 2.05) is 6.92 Å². The third-order valence-corrected chi connectivity index (χ3v) is 4.63. The van der Waals surface area contributed by atoms with Crippen LogP contribution in [0.4, 0.5) is 0 Å². The largest absolute Gasteiger partial charge is 0.426 e. The minimum absolute atomic E-state index is 0.0618. The van der Waals surface area contributed by atoms with Crippen molar-refractivity contribution < 1.29 is 13.9 Å². The molecule has 25 heavy (non-hydrogen) atoms. The zero-order valence-electron chi connectivity index (χ0n) is 13.6. The minimum Gasteiger partial charge on any atom is -0.426 e. The molecule has 0 N–H and O–H groups in total. The average Bonchev–Trinajstić information content (AvgIpc) is 2.54. The van der Waals surface area contributed by atoms with E-state index in [1.165, 1.54) is 6.07 Å². The van der Waals surface area contributed by atoms with Gasteiger partial charge < -0.3 is 9.15 Å². The van der Waals surface area contributed by atoms with Crippen LogP contribution >= 0.6 is 23.2 Å². The normalized spacial score (nSPS) is 10.9. The molecule has 0 aliphatic heterocycles. The summed E-state index contributed by atoms with van der Waals surface area (Å²) in [6.45, 7) is 3.56. The molecule has 6 heteroatoms. The Bertz CT molecular complexity index is 1020. The van der Waals surface area contributed by atoms with Crippen LogP contribution in [0.25, 0.3) is 11.0 Å². The van der Waals surface area contributed by atoms with Gasteiger partial charge in [0.1, 0.15) is 11.3 Å². The number of hydrogen-bond acceptors (Lipinski definition) is 4. The van der Waals surface area contributed by atoms with E-state index in [-0.39, 0.29) is 6.42 Å². The number of aryl methyl sites for hydroxylation is 2. The molecule has 0 amide bonds. The van der Waals surface area contributed by atoms with Gasteiger partial charge in [-0.1, -0.05) is 29.3 Å². The van der Waals surface area contributed by atoms with Gasteiger partial charge in [-0.2, -0.15) is 0 Å². The number of benzene rings is 2. The van der Waals surface area contributed by atoms with Crippen molar-refractivity contribution in [3.8, 4) is 5.75 Å². The first-order chi connectivity index (χ1) is 11.9. The Morgan fingerprint density at radius 2 is 1.80 bits per heavy atom. The van der Waals surface area contributed by atoms with Gasteiger partial charge in [-0.25, -0.2) is 4.79 Å². The summed E-state index contributed by atoms with van der Waals surface area (Å²) in [5.41, 5.74) is 1.86. The van der Waals surface area contributed by atoms with Crippen LogP contribution in [0.3, 0.4) is 0 Å². The van der Waals surface area contributed by atoms with Gasteiger partial charge in [-0.3, -0.25) is 4.79 Å². The maximum atomic E-state index is 12.3. The van der Waals surface area contributed by atoms with E-state index in [0.717, 1.165) is 10.9 Å². The fourth-order valence-corrected chi connectivity index (χ4v) is 3.15. The van der Waals surface area contributed by atoms with E-state index in [4.69, 9.17) is 32.4 Å². The molecule has 4 nitrogen and oxygen atoms in total. The molecule has 1 aromatic heterocycles. The highest BCUT2D eigenvalue weighted by Crippen LogP contribution is 2.29. The van der Waals surface area contributed by atoms with Crippen LogP contribution in [0, 0.1) is 13.8 Å². The smallest absolute Gasteiger partial charge is 0.336 e. The van der Waals surface area contributed by atoms with Gasteiger partial charge in [0.2, 0.25) is 0 Å². The topological polar surface area (TPSA) is 56.5 Å². The molecule has 0 saturated heterocycles. The molecule has 0 radical (unpaired) electrons. The summed E-state index contributed by atoms with van der Waals surface area (Å²) in [6, 6.07) is 9.89. The lowest BCUT2D eigenvalue weighted by atomic mass is 10.1. The molecule has 0 unspecified atom stereocenters. The van der Waals surface area contributed by atoms with Crippen molar-refractivity contribution in [3.63, 3.8) is 0 Å². The Morgan fingerprint density at radius 1 is 1.12 bits per heavy atom. The van der Waals surface area contributed by atoms with E-state index in [0.29, 0.717) is 32.5 Å². The van der Waals surface area contributed by atoms with Crippen LogP contribution in [-0.2, 0) is 11.2 Å². The zero-order valence-corrected chi connectivity index (χ0v) is 15.1. The molecule has 3 rings (SSSR count). The molecule has 128 valence electrons. The molecule has 0 spiro atoms. The summed E-state index contributed by atoms with van der Waals surface area (Å²) in [4.78, 5) is 23.9. The maximum Gasteiger partial charge on any atom is 0.336 e. The first kappa shape index (κ1) is 17.5. The molecule has 0 bridgehead atoms. The lowest BCUT2D eigenvalue weighted by Crippen LogP contribution is -2.13. The van der Waals surface area contributed by atoms with Crippen LogP contribution in [0.5, 0.6) is 5.75 Å². The summed E-state index contributed by atoms with van der Waals surface area (Å²) >= 11 is 12.2. The van der Waals surface area contributed by atoms with Crippen LogP contribution < -0.4 is 10.4 Å². The summed E-state index contributed by atoms with van der Waals surface area (Å²) in [5.74, 6) is -0.179. The van der Waals surface area contributed by atoms with Gasteiger partial charge in [0.15, 0.2) is 0 Å². The van der Waals surface area contributed by atoms with Gasteiger partial charge in [-0.15, -0.1) is 0 Å². The first-order valence-electron chi connectivity index (χ1n) is 7.54. The fourth-order valence-electron chi connectivity index (χ4n) is 2.62. The Labute approximate surface area is 153 Å². The summed E-state index contributed by atoms with van der Waals surface area (Å²) < 4.78 is 10.7. The lowest BCUT2D eigenvalue weighted by molar-refractivity contribution is -0.133. The molecular formula is C19H14Cl2O4. The number of ether oxygens (including phenoxy) is 1. The molecule has 0 saturated carbocycles.